The fourth-order valence-electron chi connectivity index (χ4n) is 1.35. The molecule has 0 aliphatic carbocycles. The molecule has 1 saturated heterocycles. The van der Waals surface area contributed by atoms with E-state index < -0.39 is 0 Å². The van der Waals surface area contributed by atoms with Gasteiger partial charge in [0.25, 0.3) is 0 Å². The molecular formula is C7H15NO2. The van der Waals surface area contributed by atoms with E-state index in [9.17, 15) is 0 Å². The Bertz CT molecular complexity index is 112. The maximum atomic E-state index is 5.25. The van der Waals surface area contributed by atoms with Crippen molar-refractivity contribution in [1.29, 1.82) is 0 Å². The predicted molar refractivity (Wildman–Crippen MR) is 38.9 cm³/mol. The van der Waals surface area contributed by atoms with Crippen LogP contribution in [0.5, 0.6) is 0 Å². The van der Waals surface area contributed by atoms with Crippen LogP contribution in [-0.4, -0.2) is 45.0 Å². The van der Waals surface area contributed by atoms with Crippen LogP contribution in [0, 0.1) is 0 Å². The molecule has 1 rings (SSSR count). The molecule has 1 fully saturated rings. The summed E-state index contributed by atoms with van der Waals surface area (Å²) in [6.45, 7) is 1.93. The van der Waals surface area contributed by atoms with E-state index in [0.29, 0.717) is 0 Å². The van der Waals surface area contributed by atoms with E-state index in [1.165, 1.54) is 0 Å². The van der Waals surface area contributed by atoms with Crippen molar-refractivity contribution in [3.8, 4) is 0 Å². The molecule has 0 aromatic heterocycles. The van der Waals surface area contributed by atoms with Gasteiger partial charge in [0.15, 0.2) is 5.79 Å². The number of hydrogen-bond donors (Lipinski definition) is 0. The van der Waals surface area contributed by atoms with Crippen molar-refractivity contribution in [2.24, 2.45) is 0 Å². The molecule has 0 amide bonds. The third-order valence-corrected chi connectivity index (χ3v) is 2.13. The smallest absolute Gasteiger partial charge is 0.181 e. The Labute approximate surface area is 61.9 Å². The Kier molecular flexibility index (Phi) is 2.28. The molecule has 10 heavy (non-hydrogen) atoms. The van der Waals surface area contributed by atoms with Crippen LogP contribution >= 0.6 is 0 Å². The molecule has 0 unspecified atom stereocenters. The quantitative estimate of drug-likeness (QED) is 0.522. The molecule has 3 heteroatoms. The molecule has 60 valence electrons. The van der Waals surface area contributed by atoms with Crippen LogP contribution in [-0.2, 0) is 9.47 Å². The summed E-state index contributed by atoms with van der Waals surface area (Å²) in [5.41, 5.74) is 0. The molecule has 0 aromatic rings. The van der Waals surface area contributed by atoms with Gasteiger partial charge in [0.2, 0.25) is 0 Å². The van der Waals surface area contributed by atoms with E-state index in [4.69, 9.17) is 9.47 Å². The van der Waals surface area contributed by atoms with Crippen molar-refractivity contribution >= 4 is 0 Å². The first-order valence-corrected chi connectivity index (χ1v) is 3.51. The highest BCUT2D eigenvalue weighted by atomic mass is 16.7. The van der Waals surface area contributed by atoms with Gasteiger partial charge in [-0.2, -0.15) is 0 Å². The number of methoxy groups -OCH3 is 2. The van der Waals surface area contributed by atoms with Gasteiger partial charge < -0.3 is 14.4 Å². The zero-order valence-electron chi connectivity index (χ0n) is 6.89. The van der Waals surface area contributed by atoms with Crippen molar-refractivity contribution in [2.45, 2.75) is 12.2 Å². The van der Waals surface area contributed by atoms with Gasteiger partial charge in [-0.1, -0.05) is 0 Å². The number of likely N-dealkylation sites (tertiary alicyclic amines) is 1. The van der Waals surface area contributed by atoms with E-state index in [1.54, 1.807) is 14.2 Å². The summed E-state index contributed by atoms with van der Waals surface area (Å²) in [6.07, 6.45) is 0.969. The Hall–Kier alpha value is -0.120. The molecule has 0 saturated carbocycles. The Balaban J connectivity index is 2.51. The van der Waals surface area contributed by atoms with Crippen LogP contribution in [0.25, 0.3) is 0 Å². The number of rotatable bonds is 2. The Morgan fingerprint density at radius 2 is 1.90 bits per heavy atom. The lowest BCUT2D eigenvalue weighted by Gasteiger charge is -2.25. The minimum Gasteiger partial charge on any atom is -0.352 e. The van der Waals surface area contributed by atoms with Crippen LogP contribution in [0.2, 0.25) is 0 Å². The summed E-state index contributed by atoms with van der Waals surface area (Å²) in [6, 6.07) is 0. The predicted octanol–water partition coefficient (Wildman–Crippen LogP) is 0.311. The Morgan fingerprint density at radius 1 is 1.30 bits per heavy atom. The van der Waals surface area contributed by atoms with E-state index in [0.717, 1.165) is 19.5 Å². The normalized spacial score (nSPS) is 25.5. The van der Waals surface area contributed by atoms with Gasteiger partial charge in [-0.3, -0.25) is 0 Å². The summed E-state index contributed by atoms with van der Waals surface area (Å²) in [5, 5.41) is 0. The number of likely N-dealkylation sites (N-methyl/N-ethyl adjacent to an activating group) is 1. The van der Waals surface area contributed by atoms with E-state index >= 15 is 0 Å². The molecule has 0 radical (unpaired) electrons. The van der Waals surface area contributed by atoms with E-state index in [2.05, 4.69) is 11.9 Å². The second-order valence-electron chi connectivity index (χ2n) is 2.81. The third kappa shape index (κ3) is 1.31. The second kappa shape index (κ2) is 2.86. The zero-order valence-corrected chi connectivity index (χ0v) is 6.89. The number of ether oxygens (including phenoxy) is 2. The lowest BCUT2D eigenvalue weighted by Crippen LogP contribution is -2.36. The average Bonchev–Trinajstić information content (AvgIpc) is 2.33. The van der Waals surface area contributed by atoms with Crippen LogP contribution in [0.4, 0.5) is 0 Å². The fourth-order valence-corrected chi connectivity index (χ4v) is 1.35. The first-order chi connectivity index (χ1) is 4.72. The minimum atomic E-state index is -0.325. The molecular weight excluding hydrogens is 130 g/mol. The standard InChI is InChI=1S/C7H15NO2/c1-8-5-4-7(6-8,9-2)10-3/h4-6H2,1-3H3. The highest BCUT2D eigenvalue weighted by molar-refractivity contribution is 4.81. The van der Waals surface area contributed by atoms with Crippen LogP contribution in [0.15, 0.2) is 0 Å². The van der Waals surface area contributed by atoms with Crippen molar-refractivity contribution < 1.29 is 9.47 Å². The SMILES string of the molecule is COC1(OC)CCN(C)C1. The lowest BCUT2D eigenvalue weighted by atomic mass is 10.2. The molecule has 1 aliphatic rings. The lowest BCUT2D eigenvalue weighted by molar-refractivity contribution is -0.194. The number of nitrogens with zero attached hydrogens (tertiary/aromatic N) is 1. The van der Waals surface area contributed by atoms with E-state index in [1.807, 2.05) is 0 Å². The van der Waals surface area contributed by atoms with Crippen molar-refractivity contribution in [1.82, 2.24) is 4.90 Å². The average molecular weight is 145 g/mol. The van der Waals surface area contributed by atoms with Crippen LogP contribution in [0.1, 0.15) is 6.42 Å². The van der Waals surface area contributed by atoms with Gasteiger partial charge in [-0.25, -0.2) is 0 Å². The topological polar surface area (TPSA) is 21.7 Å². The first-order valence-electron chi connectivity index (χ1n) is 3.51. The first kappa shape index (κ1) is 7.98. The maximum absolute atomic E-state index is 5.25. The van der Waals surface area contributed by atoms with Gasteiger partial charge in [0.05, 0.1) is 6.54 Å². The summed E-state index contributed by atoms with van der Waals surface area (Å²) >= 11 is 0. The van der Waals surface area contributed by atoms with Crippen molar-refractivity contribution in [3.05, 3.63) is 0 Å². The van der Waals surface area contributed by atoms with Crippen LogP contribution in [0.3, 0.4) is 0 Å². The molecule has 0 spiro atoms. The fraction of sp³-hybridized carbons (Fsp3) is 1.00. The van der Waals surface area contributed by atoms with Gasteiger partial charge in [0, 0.05) is 27.2 Å². The molecule has 0 atom stereocenters. The summed E-state index contributed by atoms with van der Waals surface area (Å²) < 4.78 is 10.5. The molecule has 1 heterocycles. The molecule has 0 aromatic carbocycles. The third-order valence-electron chi connectivity index (χ3n) is 2.13. The van der Waals surface area contributed by atoms with Gasteiger partial charge >= 0.3 is 0 Å². The monoisotopic (exact) mass is 145 g/mol. The maximum Gasteiger partial charge on any atom is 0.181 e. The molecule has 0 N–H and O–H groups in total. The zero-order chi connectivity index (χ0) is 7.61. The molecule has 3 nitrogen and oxygen atoms in total. The highest BCUT2D eigenvalue weighted by Gasteiger charge is 2.36. The van der Waals surface area contributed by atoms with Crippen molar-refractivity contribution in [2.75, 3.05) is 34.4 Å². The molecule has 1 aliphatic heterocycles. The Morgan fingerprint density at radius 3 is 2.10 bits per heavy atom. The van der Waals surface area contributed by atoms with E-state index in [-0.39, 0.29) is 5.79 Å². The minimum absolute atomic E-state index is 0.325. The second-order valence-corrected chi connectivity index (χ2v) is 2.81. The van der Waals surface area contributed by atoms with Gasteiger partial charge in [0.1, 0.15) is 0 Å². The van der Waals surface area contributed by atoms with Gasteiger partial charge in [-0.05, 0) is 7.05 Å². The summed E-state index contributed by atoms with van der Waals surface area (Å²) in [7, 11) is 5.46. The summed E-state index contributed by atoms with van der Waals surface area (Å²) in [5.74, 6) is -0.325. The summed E-state index contributed by atoms with van der Waals surface area (Å²) in [4.78, 5) is 2.20. The molecule has 0 bridgehead atoms. The number of hydrogen-bond acceptors (Lipinski definition) is 3. The van der Waals surface area contributed by atoms with Crippen molar-refractivity contribution in [3.63, 3.8) is 0 Å². The largest absolute Gasteiger partial charge is 0.352 e. The highest BCUT2D eigenvalue weighted by Crippen LogP contribution is 2.23. The van der Waals surface area contributed by atoms with Gasteiger partial charge in [-0.15, -0.1) is 0 Å². The van der Waals surface area contributed by atoms with Crippen LogP contribution < -0.4 is 0 Å².